The van der Waals surface area contributed by atoms with Crippen molar-refractivity contribution in [2.24, 2.45) is 0 Å². The van der Waals surface area contributed by atoms with Crippen molar-refractivity contribution in [1.82, 2.24) is 5.32 Å². The Hall–Kier alpha value is -0.770. The van der Waals surface area contributed by atoms with Crippen molar-refractivity contribution in [1.29, 1.82) is 0 Å². The first-order chi connectivity index (χ1) is 6.79. The Bertz CT molecular complexity index is 347. The van der Waals surface area contributed by atoms with Gasteiger partial charge >= 0.3 is 0 Å². The van der Waals surface area contributed by atoms with E-state index in [2.05, 4.69) is 5.32 Å². The number of aliphatic hydroxyl groups excluding tert-OH is 1. The lowest BCUT2D eigenvalue weighted by molar-refractivity contribution is 0.107. The van der Waals surface area contributed by atoms with Crippen LogP contribution in [-0.2, 0) is 0 Å². The van der Waals surface area contributed by atoms with Crippen LogP contribution in [0.4, 0.5) is 0 Å². The Morgan fingerprint density at radius 2 is 1.93 bits per heavy atom. The number of phenolic OH excluding ortho intramolecular Hbond substituents is 1. The van der Waals surface area contributed by atoms with Crippen LogP contribution in [-0.4, -0.2) is 15.8 Å². The number of hydrogen-bond acceptors (Lipinski definition) is 3. The molecule has 0 radical (unpaired) electrons. The van der Waals surface area contributed by atoms with Gasteiger partial charge in [-0.1, -0.05) is 11.6 Å². The van der Waals surface area contributed by atoms with E-state index < -0.39 is 6.23 Å². The molecule has 0 fully saturated rings. The van der Waals surface area contributed by atoms with Gasteiger partial charge in [0, 0.05) is 11.1 Å². The fourth-order valence-electron chi connectivity index (χ4n) is 1.23. The largest absolute Gasteiger partial charge is 0.508 e. The van der Waals surface area contributed by atoms with Crippen LogP contribution in [0, 0.1) is 0 Å². The molecule has 0 heterocycles. The van der Waals surface area contributed by atoms with Crippen LogP contribution in [0.2, 0.25) is 5.02 Å². The summed E-state index contributed by atoms with van der Waals surface area (Å²) in [5.41, 5.74) is 0.352. The minimum Gasteiger partial charge on any atom is -0.508 e. The predicted molar refractivity (Wildman–Crippen MR) is 61.0 cm³/mol. The van der Waals surface area contributed by atoms with Gasteiger partial charge in [-0.3, -0.25) is 5.32 Å². The van der Waals surface area contributed by atoms with Crippen molar-refractivity contribution in [3.63, 3.8) is 0 Å². The van der Waals surface area contributed by atoms with E-state index in [9.17, 15) is 5.11 Å². The number of rotatable bonds is 2. The quantitative estimate of drug-likeness (QED) is 0.683. The summed E-state index contributed by atoms with van der Waals surface area (Å²) in [5.74, 6) is 0.0895. The van der Waals surface area contributed by atoms with E-state index in [1.54, 1.807) is 6.07 Å². The lowest BCUT2D eigenvalue weighted by Gasteiger charge is -2.25. The number of phenols is 1. The minimum absolute atomic E-state index is 0.0895. The second-order valence-corrected chi connectivity index (χ2v) is 4.91. The molecular weight excluding hydrogens is 214 g/mol. The zero-order valence-electron chi connectivity index (χ0n) is 9.08. The third kappa shape index (κ3) is 3.70. The summed E-state index contributed by atoms with van der Waals surface area (Å²) in [6.07, 6.45) is -0.835. The number of benzene rings is 1. The molecule has 0 saturated carbocycles. The van der Waals surface area contributed by atoms with E-state index in [0.29, 0.717) is 10.6 Å². The molecule has 0 spiro atoms. The molecule has 0 unspecified atom stereocenters. The highest BCUT2D eigenvalue weighted by atomic mass is 35.5. The molecule has 0 aliphatic carbocycles. The molecule has 1 aromatic carbocycles. The Morgan fingerprint density at radius 3 is 2.40 bits per heavy atom. The van der Waals surface area contributed by atoms with E-state index >= 15 is 0 Å². The molecule has 1 atom stereocenters. The predicted octanol–water partition coefficient (Wildman–Crippen LogP) is 2.42. The SMILES string of the molecule is CC(C)(C)N[C@H](O)c1ccc(O)cc1Cl. The summed E-state index contributed by atoms with van der Waals surface area (Å²) in [5, 5.41) is 22.3. The molecule has 15 heavy (non-hydrogen) atoms. The van der Waals surface area contributed by atoms with Gasteiger partial charge < -0.3 is 10.2 Å². The van der Waals surface area contributed by atoms with Crippen molar-refractivity contribution in [3.05, 3.63) is 28.8 Å². The third-order valence-electron chi connectivity index (χ3n) is 1.85. The standard InChI is InChI=1S/C11H16ClNO2/c1-11(2,3)13-10(15)8-5-4-7(14)6-9(8)12/h4-6,10,13-15H,1-3H3/t10-/m1/s1. The normalized spacial score (nSPS) is 13.9. The molecule has 0 saturated heterocycles. The van der Waals surface area contributed by atoms with Gasteiger partial charge in [0.2, 0.25) is 0 Å². The molecule has 84 valence electrons. The summed E-state index contributed by atoms with van der Waals surface area (Å²) in [6, 6.07) is 4.50. The molecule has 0 bridgehead atoms. The van der Waals surface area contributed by atoms with Crippen molar-refractivity contribution in [3.8, 4) is 5.75 Å². The lowest BCUT2D eigenvalue weighted by Crippen LogP contribution is -2.38. The Balaban J connectivity index is 2.87. The van der Waals surface area contributed by atoms with Gasteiger partial charge in [-0.15, -0.1) is 0 Å². The smallest absolute Gasteiger partial charge is 0.132 e. The average Bonchev–Trinajstić information content (AvgIpc) is 1.99. The van der Waals surface area contributed by atoms with Crippen molar-refractivity contribution < 1.29 is 10.2 Å². The summed E-state index contributed by atoms with van der Waals surface area (Å²) >= 11 is 5.89. The maximum absolute atomic E-state index is 9.85. The van der Waals surface area contributed by atoms with Gasteiger partial charge in [0.15, 0.2) is 0 Å². The van der Waals surface area contributed by atoms with Gasteiger partial charge in [0.05, 0.1) is 5.02 Å². The van der Waals surface area contributed by atoms with E-state index in [-0.39, 0.29) is 11.3 Å². The van der Waals surface area contributed by atoms with E-state index in [4.69, 9.17) is 16.7 Å². The zero-order chi connectivity index (χ0) is 11.6. The molecule has 1 rings (SSSR count). The van der Waals surface area contributed by atoms with Crippen LogP contribution < -0.4 is 5.32 Å². The van der Waals surface area contributed by atoms with Crippen molar-refractivity contribution in [2.45, 2.75) is 32.5 Å². The first kappa shape index (κ1) is 12.3. The Labute approximate surface area is 94.7 Å². The Morgan fingerprint density at radius 1 is 1.33 bits per heavy atom. The van der Waals surface area contributed by atoms with E-state index in [1.165, 1.54) is 12.1 Å². The number of aliphatic hydroxyl groups is 1. The van der Waals surface area contributed by atoms with Gasteiger partial charge in [-0.25, -0.2) is 0 Å². The summed E-state index contributed by atoms with van der Waals surface area (Å²) in [6.45, 7) is 5.85. The summed E-state index contributed by atoms with van der Waals surface area (Å²) in [4.78, 5) is 0. The fourth-order valence-corrected chi connectivity index (χ4v) is 1.50. The second-order valence-electron chi connectivity index (χ2n) is 4.50. The number of aromatic hydroxyl groups is 1. The highest BCUT2D eigenvalue weighted by Crippen LogP contribution is 2.26. The molecule has 0 aliphatic heterocycles. The van der Waals surface area contributed by atoms with Gasteiger partial charge in [-0.2, -0.15) is 0 Å². The van der Waals surface area contributed by atoms with Crippen LogP contribution in [0.3, 0.4) is 0 Å². The zero-order valence-corrected chi connectivity index (χ0v) is 9.84. The monoisotopic (exact) mass is 229 g/mol. The highest BCUT2D eigenvalue weighted by Gasteiger charge is 2.18. The average molecular weight is 230 g/mol. The van der Waals surface area contributed by atoms with Gasteiger partial charge in [0.25, 0.3) is 0 Å². The topological polar surface area (TPSA) is 52.5 Å². The Kier molecular flexibility index (Phi) is 3.60. The molecule has 0 aromatic heterocycles. The highest BCUT2D eigenvalue weighted by molar-refractivity contribution is 6.31. The van der Waals surface area contributed by atoms with Crippen LogP contribution in [0.25, 0.3) is 0 Å². The van der Waals surface area contributed by atoms with Crippen LogP contribution in [0.1, 0.15) is 32.6 Å². The molecule has 3 N–H and O–H groups in total. The molecule has 4 heteroatoms. The van der Waals surface area contributed by atoms with Crippen LogP contribution in [0.5, 0.6) is 5.75 Å². The van der Waals surface area contributed by atoms with Crippen LogP contribution >= 0.6 is 11.6 Å². The maximum atomic E-state index is 9.85. The molecule has 0 amide bonds. The minimum atomic E-state index is -0.835. The maximum Gasteiger partial charge on any atom is 0.132 e. The summed E-state index contributed by atoms with van der Waals surface area (Å²) in [7, 11) is 0. The molecule has 1 aromatic rings. The van der Waals surface area contributed by atoms with Crippen molar-refractivity contribution in [2.75, 3.05) is 0 Å². The third-order valence-corrected chi connectivity index (χ3v) is 2.18. The molecule has 3 nitrogen and oxygen atoms in total. The van der Waals surface area contributed by atoms with Gasteiger partial charge in [0.1, 0.15) is 12.0 Å². The van der Waals surface area contributed by atoms with Crippen molar-refractivity contribution >= 4 is 11.6 Å². The van der Waals surface area contributed by atoms with E-state index in [1.807, 2.05) is 20.8 Å². The van der Waals surface area contributed by atoms with Gasteiger partial charge in [-0.05, 0) is 39.0 Å². The van der Waals surface area contributed by atoms with Crippen LogP contribution in [0.15, 0.2) is 18.2 Å². The molecular formula is C11H16ClNO2. The second kappa shape index (κ2) is 4.39. The first-order valence-corrected chi connectivity index (χ1v) is 5.11. The number of nitrogens with one attached hydrogen (secondary N) is 1. The fraction of sp³-hybridized carbons (Fsp3) is 0.455. The molecule has 0 aliphatic rings. The lowest BCUT2D eigenvalue weighted by atomic mass is 10.1. The number of hydrogen-bond donors (Lipinski definition) is 3. The summed E-state index contributed by atoms with van der Waals surface area (Å²) < 4.78 is 0. The first-order valence-electron chi connectivity index (χ1n) is 4.74. The van der Waals surface area contributed by atoms with E-state index in [0.717, 1.165) is 0 Å². The number of halogens is 1.